The van der Waals surface area contributed by atoms with Crippen LogP contribution in [-0.2, 0) is 0 Å². The van der Waals surface area contributed by atoms with Gasteiger partial charge in [0.15, 0.2) is 0 Å². The Morgan fingerprint density at radius 3 is 2.68 bits per heavy atom. The van der Waals surface area contributed by atoms with E-state index in [-0.39, 0.29) is 0 Å². The maximum absolute atomic E-state index is 4.43. The van der Waals surface area contributed by atoms with E-state index in [0.717, 1.165) is 36.8 Å². The molecule has 0 amide bonds. The Kier molecular flexibility index (Phi) is 5.75. The van der Waals surface area contributed by atoms with E-state index in [1.807, 2.05) is 6.07 Å². The Balaban J connectivity index is 2.15. The van der Waals surface area contributed by atoms with Gasteiger partial charge in [0, 0.05) is 24.8 Å². The van der Waals surface area contributed by atoms with E-state index < -0.39 is 0 Å². The molecular weight excluding hydrogens is 272 g/mol. The van der Waals surface area contributed by atoms with Gasteiger partial charge >= 0.3 is 0 Å². The quantitative estimate of drug-likeness (QED) is 0.822. The molecule has 118 valence electrons. The molecule has 4 nitrogen and oxygen atoms in total. The van der Waals surface area contributed by atoms with E-state index in [1.54, 1.807) is 6.33 Å². The zero-order valence-corrected chi connectivity index (χ0v) is 14.0. The topological polar surface area (TPSA) is 41.0 Å². The molecule has 0 fully saturated rings. The van der Waals surface area contributed by atoms with E-state index in [0.29, 0.717) is 5.92 Å². The van der Waals surface area contributed by atoms with Crippen molar-refractivity contribution >= 4 is 17.3 Å². The van der Waals surface area contributed by atoms with Gasteiger partial charge in [-0.25, -0.2) is 9.97 Å². The highest BCUT2D eigenvalue weighted by atomic mass is 15.2. The summed E-state index contributed by atoms with van der Waals surface area (Å²) < 4.78 is 0. The van der Waals surface area contributed by atoms with Gasteiger partial charge in [0.25, 0.3) is 0 Å². The van der Waals surface area contributed by atoms with Crippen LogP contribution in [0.25, 0.3) is 0 Å². The van der Waals surface area contributed by atoms with Crippen LogP contribution in [0.15, 0.2) is 36.7 Å². The monoisotopic (exact) mass is 298 g/mol. The van der Waals surface area contributed by atoms with E-state index >= 15 is 0 Å². The van der Waals surface area contributed by atoms with Crippen LogP contribution in [0, 0.1) is 12.8 Å². The summed E-state index contributed by atoms with van der Waals surface area (Å²) in [5.41, 5.74) is 2.41. The standard InChI is InChI=1S/C18H26N4/c1-5-22(16-8-6-7-15(4)11-16)18-12-17(20-13-21-18)19-10-9-14(2)3/h6-8,11-14H,5,9-10H2,1-4H3,(H,19,20,21). The van der Waals surface area contributed by atoms with Gasteiger partial charge in [0.05, 0.1) is 0 Å². The molecule has 0 spiro atoms. The Morgan fingerprint density at radius 1 is 1.18 bits per heavy atom. The molecule has 0 saturated carbocycles. The summed E-state index contributed by atoms with van der Waals surface area (Å²) in [6.45, 7) is 10.5. The first kappa shape index (κ1) is 16.3. The fraction of sp³-hybridized carbons (Fsp3) is 0.444. The number of anilines is 3. The average molecular weight is 298 g/mol. The van der Waals surface area contributed by atoms with E-state index in [2.05, 4.69) is 72.1 Å². The SMILES string of the molecule is CCN(c1cccc(C)c1)c1cc(NCCC(C)C)ncn1. The molecule has 0 aliphatic rings. The number of benzene rings is 1. The summed E-state index contributed by atoms with van der Waals surface area (Å²) in [5.74, 6) is 2.50. The van der Waals surface area contributed by atoms with Gasteiger partial charge in [-0.1, -0.05) is 26.0 Å². The molecule has 0 radical (unpaired) electrons. The summed E-state index contributed by atoms with van der Waals surface area (Å²) in [6.07, 6.45) is 2.76. The first-order chi connectivity index (χ1) is 10.6. The minimum Gasteiger partial charge on any atom is -0.370 e. The molecule has 0 atom stereocenters. The molecule has 1 heterocycles. The summed E-state index contributed by atoms with van der Waals surface area (Å²) >= 11 is 0. The third-order valence-corrected chi connectivity index (χ3v) is 3.59. The van der Waals surface area contributed by atoms with Crippen molar-refractivity contribution in [3.05, 3.63) is 42.2 Å². The maximum Gasteiger partial charge on any atom is 0.138 e. The molecule has 0 bridgehead atoms. The van der Waals surface area contributed by atoms with E-state index in [9.17, 15) is 0 Å². The van der Waals surface area contributed by atoms with Gasteiger partial charge in [-0.15, -0.1) is 0 Å². The summed E-state index contributed by atoms with van der Waals surface area (Å²) in [5, 5.41) is 3.38. The van der Waals surface area contributed by atoms with Crippen molar-refractivity contribution in [2.75, 3.05) is 23.3 Å². The molecule has 1 aromatic heterocycles. The number of hydrogen-bond donors (Lipinski definition) is 1. The Hall–Kier alpha value is -2.10. The molecule has 2 rings (SSSR count). The van der Waals surface area contributed by atoms with Crippen molar-refractivity contribution in [3.63, 3.8) is 0 Å². The number of aromatic nitrogens is 2. The van der Waals surface area contributed by atoms with Gasteiger partial charge in [-0.2, -0.15) is 0 Å². The predicted octanol–water partition coefficient (Wildman–Crippen LogP) is 4.40. The first-order valence-corrected chi connectivity index (χ1v) is 8.00. The van der Waals surface area contributed by atoms with Gasteiger partial charge in [0.1, 0.15) is 18.0 Å². The average Bonchev–Trinajstić information content (AvgIpc) is 2.48. The minimum atomic E-state index is 0.688. The van der Waals surface area contributed by atoms with Crippen molar-refractivity contribution in [3.8, 4) is 0 Å². The lowest BCUT2D eigenvalue weighted by Gasteiger charge is -2.22. The molecular formula is C18H26N4. The third-order valence-electron chi connectivity index (χ3n) is 3.59. The normalized spacial score (nSPS) is 10.8. The molecule has 4 heteroatoms. The lowest BCUT2D eigenvalue weighted by molar-refractivity contribution is 0.606. The van der Waals surface area contributed by atoms with Crippen LogP contribution in [0.4, 0.5) is 17.3 Å². The summed E-state index contributed by atoms with van der Waals surface area (Å²) in [4.78, 5) is 10.9. The second-order valence-electron chi connectivity index (χ2n) is 5.95. The van der Waals surface area contributed by atoms with E-state index in [4.69, 9.17) is 0 Å². The van der Waals surface area contributed by atoms with Crippen molar-refractivity contribution < 1.29 is 0 Å². The molecule has 22 heavy (non-hydrogen) atoms. The van der Waals surface area contributed by atoms with Gasteiger partial charge in [-0.3, -0.25) is 0 Å². The Morgan fingerprint density at radius 2 is 2.00 bits per heavy atom. The second kappa shape index (κ2) is 7.78. The lowest BCUT2D eigenvalue weighted by atomic mass is 10.1. The van der Waals surface area contributed by atoms with Crippen LogP contribution in [0.5, 0.6) is 0 Å². The van der Waals surface area contributed by atoms with Gasteiger partial charge in [-0.05, 0) is 43.9 Å². The van der Waals surface area contributed by atoms with Crippen LogP contribution in [0.2, 0.25) is 0 Å². The van der Waals surface area contributed by atoms with Crippen LogP contribution in [0.3, 0.4) is 0 Å². The number of aryl methyl sites for hydroxylation is 1. The molecule has 0 aliphatic heterocycles. The highest BCUT2D eigenvalue weighted by Gasteiger charge is 2.10. The minimum absolute atomic E-state index is 0.688. The van der Waals surface area contributed by atoms with Crippen LogP contribution in [0.1, 0.15) is 32.8 Å². The van der Waals surface area contributed by atoms with E-state index in [1.165, 1.54) is 5.56 Å². The van der Waals surface area contributed by atoms with Crippen LogP contribution in [-0.4, -0.2) is 23.1 Å². The fourth-order valence-corrected chi connectivity index (χ4v) is 2.35. The molecule has 0 unspecified atom stereocenters. The lowest BCUT2D eigenvalue weighted by Crippen LogP contribution is -2.18. The number of hydrogen-bond acceptors (Lipinski definition) is 4. The van der Waals surface area contributed by atoms with Crippen molar-refractivity contribution in [1.29, 1.82) is 0 Å². The Labute approximate surface area is 133 Å². The van der Waals surface area contributed by atoms with Crippen LogP contribution < -0.4 is 10.2 Å². The number of rotatable bonds is 7. The summed E-state index contributed by atoms with van der Waals surface area (Å²) in [6, 6.07) is 10.5. The molecule has 0 saturated heterocycles. The second-order valence-corrected chi connectivity index (χ2v) is 5.95. The predicted molar refractivity (Wildman–Crippen MR) is 93.8 cm³/mol. The third kappa shape index (κ3) is 4.45. The fourth-order valence-electron chi connectivity index (χ4n) is 2.35. The first-order valence-electron chi connectivity index (χ1n) is 8.00. The smallest absolute Gasteiger partial charge is 0.138 e. The zero-order valence-electron chi connectivity index (χ0n) is 14.0. The Bertz CT molecular complexity index is 595. The molecule has 1 N–H and O–H groups in total. The zero-order chi connectivity index (χ0) is 15.9. The number of nitrogens with one attached hydrogen (secondary N) is 1. The highest BCUT2D eigenvalue weighted by molar-refractivity contribution is 5.62. The molecule has 2 aromatic rings. The molecule has 0 aliphatic carbocycles. The maximum atomic E-state index is 4.43. The summed E-state index contributed by atoms with van der Waals surface area (Å²) in [7, 11) is 0. The largest absolute Gasteiger partial charge is 0.370 e. The van der Waals surface area contributed by atoms with Crippen LogP contribution >= 0.6 is 0 Å². The van der Waals surface area contributed by atoms with Crippen molar-refractivity contribution in [1.82, 2.24) is 9.97 Å². The van der Waals surface area contributed by atoms with Gasteiger partial charge < -0.3 is 10.2 Å². The van der Waals surface area contributed by atoms with Crippen molar-refractivity contribution in [2.24, 2.45) is 5.92 Å². The molecule has 1 aromatic carbocycles. The number of nitrogens with zero attached hydrogens (tertiary/aromatic N) is 3. The highest BCUT2D eigenvalue weighted by Crippen LogP contribution is 2.25. The van der Waals surface area contributed by atoms with Crippen molar-refractivity contribution in [2.45, 2.75) is 34.1 Å². The van der Waals surface area contributed by atoms with Gasteiger partial charge in [0.2, 0.25) is 0 Å².